The normalized spacial score (nSPS) is 23.7. The highest BCUT2D eigenvalue weighted by Gasteiger charge is 2.39. The molecule has 0 spiro atoms. The van der Waals surface area contributed by atoms with E-state index in [-0.39, 0.29) is 31.1 Å². The van der Waals surface area contributed by atoms with Gasteiger partial charge in [0.2, 0.25) is 13.1 Å². The number of aliphatic hydroxyl groups is 1. The van der Waals surface area contributed by atoms with E-state index in [1.165, 1.54) is 0 Å². The second-order valence-corrected chi connectivity index (χ2v) is 8.42. The van der Waals surface area contributed by atoms with Crippen LogP contribution in [0.25, 0.3) is 0 Å². The van der Waals surface area contributed by atoms with Gasteiger partial charge < -0.3 is 43.2 Å². The number of fused-ring (bicyclic) bond motifs is 1. The molecule has 10 nitrogen and oxygen atoms in total. The highest BCUT2D eigenvalue weighted by molar-refractivity contribution is 5.92. The van der Waals surface area contributed by atoms with E-state index in [1.54, 1.807) is 4.90 Å². The van der Waals surface area contributed by atoms with E-state index in [0.717, 1.165) is 5.56 Å². The third kappa shape index (κ3) is 6.65. The molecule has 0 aromatic heterocycles. The number of carbonyl (C=O) groups is 1. The van der Waals surface area contributed by atoms with Crippen LogP contribution < -0.4 is 9.47 Å². The summed E-state index contributed by atoms with van der Waals surface area (Å²) in [5.41, 5.74) is 0.991. The minimum Gasteiger partial charge on any atom is -0.459 e. The second-order valence-electron chi connectivity index (χ2n) is 8.42. The van der Waals surface area contributed by atoms with E-state index in [2.05, 4.69) is 0 Å². The Morgan fingerprint density at radius 3 is 2.63 bits per heavy atom. The summed E-state index contributed by atoms with van der Waals surface area (Å²) in [6, 6.07) is 5.86. The molecular formula is C25H35NO9. The summed E-state index contributed by atoms with van der Waals surface area (Å²) >= 11 is 0. The third-order valence-electron chi connectivity index (χ3n) is 6.21. The predicted molar refractivity (Wildman–Crippen MR) is 124 cm³/mol. The Bertz CT molecular complexity index is 855. The average molecular weight is 494 g/mol. The van der Waals surface area contributed by atoms with Gasteiger partial charge in [-0.15, -0.1) is 0 Å². The van der Waals surface area contributed by atoms with Crippen LogP contribution in [-0.4, -0.2) is 94.9 Å². The molecule has 3 aliphatic heterocycles. The van der Waals surface area contributed by atoms with Gasteiger partial charge in [-0.3, -0.25) is 4.79 Å². The summed E-state index contributed by atoms with van der Waals surface area (Å²) in [6.07, 6.45) is 1.95. The fraction of sp³-hybridized carbons (Fsp3) is 0.640. The van der Waals surface area contributed by atoms with Gasteiger partial charge >= 0.3 is 0 Å². The molecule has 0 saturated carbocycles. The van der Waals surface area contributed by atoms with Gasteiger partial charge in [0.15, 0.2) is 17.3 Å². The van der Waals surface area contributed by atoms with Crippen molar-refractivity contribution in [2.24, 2.45) is 5.92 Å². The van der Waals surface area contributed by atoms with Crippen molar-refractivity contribution in [1.29, 1.82) is 0 Å². The maximum atomic E-state index is 13.3. The zero-order valence-corrected chi connectivity index (χ0v) is 20.2. The molecule has 4 rings (SSSR count). The number of ether oxygens (including phenoxy) is 7. The molecule has 3 atom stereocenters. The molecule has 1 fully saturated rings. The topological polar surface area (TPSA) is 105 Å². The Morgan fingerprint density at radius 1 is 1.09 bits per heavy atom. The van der Waals surface area contributed by atoms with Crippen molar-refractivity contribution in [3.63, 3.8) is 0 Å². The minimum absolute atomic E-state index is 0.00942. The van der Waals surface area contributed by atoms with Crippen LogP contribution in [0.4, 0.5) is 0 Å². The summed E-state index contributed by atoms with van der Waals surface area (Å²) < 4.78 is 39.6. The lowest BCUT2D eigenvalue weighted by Crippen LogP contribution is -2.44. The minimum atomic E-state index is -0.602. The number of benzene rings is 1. The molecule has 1 aromatic carbocycles. The lowest BCUT2D eigenvalue weighted by molar-refractivity contribution is -0.173. The van der Waals surface area contributed by atoms with E-state index < -0.39 is 6.29 Å². The van der Waals surface area contributed by atoms with Crippen LogP contribution in [0, 0.1) is 5.92 Å². The number of morpholine rings is 1. The first kappa shape index (κ1) is 25.7. The summed E-state index contributed by atoms with van der Waals surface area (Å²) in [6.45, 7) is 6.25. The van der Waals surface area contributed by atoms with Crippen molar-refractivity contribution in [3.05, 3.63) is 35.6 Å². The van der Waals surface area contributed by atoms with Gasteiger partial charge in [0.25, 0.3) is 5.91 Å². The Morgan fingerprint density at radius 2 is 1.86 bits per heavy atom. The van der Waals surface area contributed by atoms with Crippen molar-refractivity contribution >= 4 is 5.91 Å². The molecule has 0 unspecified atom stereocenters. The number of amides is 1. The first-order valence-corrected chi connectivity index (χ1v) is 12.2. The lowest BCUT2D eigenvalue weighted by atomic mass is 9.81. The van der Waals surface area contributed by atoms with E-state index in [9.17, 15) is 4.79 Å². The number of aliphatic hydroxyl groups excluding tert-OH is 1. The van der Waals surface area contributed by atoms with Crippen LogP contribution in [0.1, 0.15) is 24.8 Å². The number of carbonyl (C=O) groups excluding carboxylic acids is 1. The van der Waals surface area contributed by atoms with Gasteiger partial charge in [0.05, 0.1) is 39.6 Å². The van der Waals surface area contributed by atoms with Crippen LogP contribution in [0.5, 0.6) is 11.5 Å². The molecule has 3 heterocycles. The number of rotatable bonds is 12. The monoisotopic (exact) mass is 493 g/mol. The maximum absolute atomic E-state index is 13.3. The van der Waals surface area contributed by atoms with Gasteiger partial charge in [0, 0.05) is 38.1 Å². The molecule has 194 valence electrons. The Balaban J connectivity index is 1.54. The van der Waals surface area contributed by atoms with Gasteiger partial charge in [-0.1, -0.05) is 6.07 Å². The smallest absolute Gasteiger partial charge is 0.288 e. The number of allylic oxidation sites excluding steroid dienone is 1. The van der Waals surface area contributed by atoms with Crippen molar-refractivity contribution in [2.75, 3.05) is 72.7 Å². The predicted octanol–water partition coefficient (Wildman–Crippen LogP) is 1.67. The zero-order chi connectivity index (χ0) is 24.5. The maximum Gasteiger partial charge on any atom is 0.288 e. The molecule has 1 aromatic rings. The van der Waals surface area contributed by atoms with Gasteiger partial charge in [-0.2, -0.15) is 0 Å². The standard InChI is InChI=1S/C25H35NO9/c1-2-32-25-19(5-9-29-13-14-31-12-8-27)20(18-3-4-21-22(15-18)34-17-33-21)16-23(35-25)24(28)26-6-10-30-11-7-26/h3-4,15-16,19-20,25,27H,2,5-14,17H2,1H3/t19-,20+,25+/m0/s1. The van der Waals surface area contributed by atoms with Crippen LogP contribution in [0.2, 0.25) is 0 Å². The molecule has 1 N–H and O–H groups in total. The molecule has 0 radical (unpaired) electrons. The molecule has 1 saturated heterocycles. The summed E-state index contributed by atoms with van der Waals surface area (Å²) in [7, 11) is 0. The lowest BCUT2D eigenvalue weighted by Gasteiger charge is -2.38. The Kier molecular flexibility index (Phi) is 9.61. The summed E-state index contributed by atoms with van der Waals surface area (Å²) in [5, 5.41) is 8.81. The van der Waals surface area contributed by atoms with Gasteiger partial charge in [-0.25, -0.2) is 0 Å². The van der Waals surface area contributed by atoms with E-state index in [4.69, 9.17) is 38.3 Å². The molecule has 0 aliphatic carbocycles. The fourth-order valence-corrected chi connectivity index (χ4v) is 4.46. The van der Waals surface area contributed by atoms with E-state index >= 15 is 0 Å². The van der Waals surface area contributed by atoms with Crippen molar-refractivity contribution < 1.29 is 43.1 Å². The molecule has 10 heteroatoms. The van der Waals surface area contributed by atoms with Crippen LogP contribution in [0.3, 0.4) is 0 Å². The average Bonchev–Trinajstić information content (AvgIpc) is 3.37. The summed E-state index contributed by atoms with van der Waals surface area (Å²) in [4.78, 5) is 15.0. The number of hydrogen-bond donors (Lipinski definition) is 1. The Labute approximate surface area is 205 Å². The first-order chi connectivity index (χ1) is 17.2. The Hall–Kier alpha value is -2.37. The number of nitrogens with zero attached hydrogens (tertiary/aromatic N) is 1. The fourth-order valence-electron chi connectivity index (χ4n) is 4.46. The zero-order valence-electron chi connectivity index (χ0n) is 20.2. The molecule has 35 heavy (non-hydrogen) atoms. The molecular weight excluding hydrogens is 458 g/mol. The highest BCUT2D eigenvalue weighted by atomic mass is 16.7. The summed E-state index contributed by atoms with van der Waals surface area (Å²) in [5.74, 6) is 1.30. The van der Waals surface area contributed by atoms with Gasteiger partial charge in [-0.05, 0) is 37.1 Å². The van der Waals surface area contributed by atoms with Crippen LogP contribution in [-0.2, 0) is 28.5 Å². The van der Waals surface area contributed by atoms with Crippen molar-refractivity contribution in [1.82, 2.24) is 4.90 Å². The number of hydrogen-bond acceptors (Lipinski definition) is 9. The molecule has 1 amide bonds. The van der Waals surface area contributed by atoms with Crippen LogP contribution in [0.15, 0.2) is 30.0 Å². The largest absolute Gasteiger partial charge is 0.459 e. The quantitative estimate of drug-likeness (QED) is 0.435. The van der Waals surface area contributed by atoms with Crippen molar-refractivity contribution in [3.8, 4) is 11.5 Å². The third-order valence-corrected chi connectivity index (χ3v) is 6.21. The highest BCUT2D eigenvalue weighted by Crippen LogP contribution is 2.42. The SMILES string of the molecule is CCO[C@@H]1OC(C(=O)N2CCOCC2)=C[C@H](c2ccc3c(c2)OCO3)[C@@H]1CCOCCOCCO. The van der Waals surface area contributed by atoms with Crippen LogP contribution >= 0.6 is 0 Å². The molecule has 0 bridgehead atoms. The van der Waals surface area contributed by atoms with Gasteiger partial charge in [0.1, 0.15) is 0 Å². The van der Waals surface area contributed by atoms with Crippen molar-refractivity contribution in [2.45, 2.75) is 25.6 Å². The first-order valence-electron chi connectivity index (χ1n) is 12.2. The second kappa shape index (κ2) is 13.1. The van der Waals surface area contributed by atoms with E-state index in [0.29, 0.717) is 83.0 Å². The van der Waals surface area contributed by atoms with E-state index in [1.807, 2.05) is 31.2 Å². The molecule has 3 aliphatic rings.